The molecular weight excluding hydrogens is 254 g/mol. The Labute approximate surface area is 117 Å². The number of rotatable bonds is 4. The van der Waals surface area contributed by atoms with Gasteiger partial charge in [0, 0.05) is 24.8 Å². The summed E-state index contributed by atoms with van der Waals surface area (Å²) in [4.78, 5) is 6.73. The molecule has 2 aromatic rings. The van der Waals surface area contributed by atoms with Crippen molar-refractivity contribution in [3.05, 3.63) is 30.5 Å². The highest BCUT2D eigenvalue weighted by Crippen LogP contribution is 2.21. The van der Waals surface area contributed by atoms with Crippen molar-refractivity contribution in [2.75, 3.05) is 30.4 Å². The maximum Gasteiger partial charge on any atom is 0.249 e. The molecule has 1 saturated heterocycles. The van der Waals surface area contributed by atoms with E-state index in [1.165, 1.54) is 12.8 Å². The van der Waals surface area contributed by atoms with Gasteiger partial charge in [0.15, 0.2) is 5.82 Å². The standard InChI is InChI=1S/C14H17N5O/c1-20-12-6-4-5-11(9-12)16-14-17-13(10-15-18-14)19-7-2-3-8-19/h4-6,9-10H,2-3,7-8H2,1H3,(H,16,17,18). The summed E-state index contributed by atoms with van der Waals surface area (Å²) in [6.45, 7) is 2.08. The molecule has 1 aliphatic heterocycles. The van der Waals surface area contributed by atoms with E-state index in [4.69, 9.17) is 4.74 Å². The van der Waals surface area contributed by atoms with Crippen LogP contribution in [0.2, 0.25) is 0 Å². The van der Waals surface area contributed by atoms with Crippen LogP contribution in [0, 0.1) is 0 Å². The third-order valence-corrected chi connectivity index (χ3v) is 3.30. The summed E-state index contributed by atoms with van der Waals surface area (Å²) < 4.78 is 5.19. The minimum absolute atomic E-state index is 0.502. The smallest absolute Gasteiger partial charge is 0.249 e. The Bertz CT molecular complexity index is 583. The van der Waals surface area contributed by atoms with Crippen molar-refractivity contribution in [1.29, 1.82) is 0 Å². The van der Waals surface area contributed by atoms with Gasteiger partial charge in [-0.3, -0.25) is 0 Å². The average Bonchev–Trinajstić information content (AvgIpc) is 3.02. The van der Waals surface area contributed by atoms with Gasteiger partial charge < -0.3 is 15.0 Å². The van der Waals surface area contributed by atoms with E-state index in [2.05, 4.69) is 25.4 Å². The molecule has 1 aliphatic rings. The molecule has 20 heavy (non-hydrogen) atoms. The summed E-state index contributed by atoms with van der Waals surface area (Å²) in [5, 5.41) is 11.2. The van der Waals surface area contributed by atoms with Crippen LogP contribution in [0.4, 0.5) is 17.5 Å². The van der Waals surface area contributed by atoms with Gasteiger partial charge >= 0.3 is 0 Å². The average molecular weight is 271 g/mol. The summed E-state index contributed by atoms with van der Waals surface area (Å²) >= 11 is 0. The van der Waals surface area contributed by atoms with Gasteiger partial charge in [-0.15, -0.1) is 5.10 Å². The van der Waals surface area contributed by atoms with Crippen molar-refractivity contribution in [3.63, 3.8) is 0 Å². The molecule has 104 valence electrons. The lowest BCUT2D eigenvalue weighted by molar-refractivity contribution is 0.415. The van der Waals surface area contributed by atoms with Crippen LogP contribution >= 0.6 is 0 Å². The summed E-state index contributed by atoms with van der Waals surface area (Å²) in [5.41, 5.74) is 0.879. The Morgan fingerprint density at radius 3 is 2.90 bits per heavy atom. The normalized spacial score (nSPS) is 14.3. The Morgan fingerprint density at radius 2 is 2.10 bits per heavy atom. The van der Waals surface area contributed by atoms with E-state index in [-0.39, 0.29) is 0 Å². The number of aromatic nitrogens is 3. The van der Waals surface area contributed by atoms with Gasteiger partial charge in [-0.1, -0.05) is 6.07 Å². The molecule has 0 saturated carbocycles. The lowest BCUT2D eigenvalue weighted by atomic mass is 10.3. The number of ether oxygens (including phenoxy) is 1. The van der Waals surface area contributed by atoms with Crippen LogP contribution in [0.15, 0.2) is 30.5 Å². The largest absolute Gasteiger partial charge is 0.497 e. The van der Waals surface area contributed by atoms with Gasteiger partial charge in [-0.05, 0) is 25.0 Å². The fraction of sp³-hybridized carbons (Fsp3) is 0.357. The third kappa shape index (κ3) is 2.79. The molecule has 2 heterocycles. The molecule has 1 aromatic heterocycles. The molecule has 6 heteroatoms. The first-order valence-corrected chi connectivity index (χ1v) is 6.71. The fourth-order valence-electron chi connectivity index (χ4n) is 2.28. The summed E-state index contributed by atoms with van der Waals surface area (Å²) in [6, 6.07) is 7.64. The van der Waals surface area contributed by atoms with Gasteiger partial charge in [0.05, 0.1) is 13.3 Å². The Hall–Kier alpha value is -2.37. The molecule has 0 radical (unpaired) electrons. The van der Waals surface area contributed by atoms with Crippen LogP contribution < -0.4 is 15.0 Å². The molecule has 0 aliphatic carbocycles. The topological polar surface area (TPSA) is 63.2 Å². The molecule has 0 spiro atoms. The van der Waals surface area contributed by atoms with Gasteiger partial charge in [0.2, 0.25) is 5.95 Å². The van der Waals surface area contributed by atoms with Crippen LogP contribution in [0.25, 0.3) is 0 Å². The van der Waals surface area contributed by atoms with E-state index in [0.29, 0.717) is 5.95 Å². The molecule has 1 aromatic carbocycles. The van der Waals surface area contributed by atoms with Crippen LogP contribution in [-0.2, 0) is 0 Å². The SMILES string of the molecule is COc1cccc(Nc2nncc(N3CCCC3)n2)c1. The first kappa shape index (κ1) is 12.7. The number of nitrogens with zero attached hydrogens (tertiary/aromatic N) is 4. The van der Waals surface area contributed by atoms with Crippen molar-refractivity contribution in [2.45, 2.75) is 12.8 Å². The van der Waals surface area contributed by atoms with Gasteiger partial charge in [-0.25, -0.2) is 0 Å². The lowest BCUT2D eigenvalue weighted by Gasteiger charge is -2.16. The van der Waals surface area contributed by atoms with Crippen LogP contribution in [0.1, 0.15) is 12.8 Å². The second-order valence-electron chi connectivity index (χ2n) is 4.69. The number of nitrogens with one attached hydrogen (secondary N) is 1. The Kier molecular flexibility index (Phi) is 3.62. The number of hydrogen-bond donors (Lipinski definition) is 1. The Balaban J connectivity index is 1.78. The fourth-order valence-corrected chi connectivity index (χ4v) is 2.28. The molecule has 0 bridgehead atoms. The van der Waals surface area contributed by atoms with E-state index < -0.39 is 0 Å². The van der Waals surface area contributed by atoms with Gasteiger partial charge in [0.25, 0.3) is 0 Å². The molecule has 0 amide bonds. The zero-order valence-electron chi connectivity index (χ0n) is 11.4. The highest BCUT2D eigenvalue weighted by molar-refractivity contribution is 5.56. The number of methoxy groups -OCH3 is 1. The van der Waals surface area contributed by atoms with Crippen molar-refractivity contribution in [1.82, 2.24) is 15.2 Å². The molecule has 3 rings (SSSR count). The van der Waals surface area contributed by atoms with Crippen molar-refractivity contribution in [3.8, 4) is 5.75 Å². The maximum atomic E-state index is 5.19. The highest BCUT2D eigenvalue weighted by atomic mass is 16.5. The summed E-state index contributed by atoms with van der Waals surface area (Å²) in [7, 11) is 1.64. The third-order valence-electron chi connectivity index (χ3n) is 3.30. The van der Waals surface area contributed by atoms with E-state index in [0.717, 1.165) is 30.3 Å². The van der Waals surface area contributed by atoms with Gasteiger partial charge in [-0.2, -0.15) is 10.1 Å². The van der Waals surface area contributed by atoms with Crippen LogP contribution in [0.5, 0.6) is 5.75 Å². The predicted octanol–water partition coefficient (Wildman–Crippen LogP) is 2.22. The van der Waals surface area contributed by atoms with Crippen molar-refractivity contribution >= 4 is 17.5 Å². The van der Waals surface area contributed by atoms with Crippen molar-refractivity contribution in [2.24, 2.45) is 0 Å². The van der Waals surface area contributed by atoms with E-state index >= 15 is 0 Å². The van der Waals surface area contributed by atoms with E-state index in [1.807, 2.05) is 24.3 Å². The summed E-state index contributed by atoms with van der Waals surface area (Å²) in [6.07, 6.45) is 4.13. The first-order chi connectivity index (χ1) is 9.85. The van der Waals surface area contributed by atoms with E-state index in [9.17, 15) is 0 Å². The van der Waals surface area contributed by atoms with E-state index in [1.54, 1.807) is 13.3 Å². The molecule has 1 N–H and O–H groups in total. The van der Waals surface area contributed by atoms with Crippen LogP contribution in [0.3, 0.4) is 0 Å². The predicted molar refractivity (Wildman–Crippen MR) is 77.6 cm³/mol. The molecular formula is C14H17N5O. The second-order valence-corrected chi connectivity index (χ2v) is 4.69. The minimum Gasteiger partial charge on any atom is -0.497 e. The Morgan fingerprint density at radius 1 is 1.25 bits per heavy atom. The lowest BCUT2D eigenvalue weighted by Crippen LogP contribution is -2.19. The molecule has 1 fully saturated rings. The van der Waals surface area contributed by atoms with Crippen LogP contribution in [-0.4, -0.2) is 35.4 Å². The minimum atomic E-state index is 0.502. The maximum absolute atomic E-state index is 5.19. The summed E-state index contributed by atoms with van der Waals surface area (Å²) in [5.74, 6) is 2.17. The number of anilines is 3. The second kappa shape index (κ2) is 5.73. The van der Waals surface area contributed by atoms with Gasteiger partial charge in [0.1, 0.15) is 5.75 Å². The molecule has 0 atom stereocenters. The quantitative estimate of drug-likeness (QED) is 0.920. The zero-order chi connectivity index (χ0) is 13.8. The number of benzene rings is 1. The first-order valence-electron chi connectivity index (χ1n) is 6.71. The number of hydrogen-bond acceptors (Lipinski definition) is 6. The molecule has 0 unspecified atom stereocenters. The molecule has 6 nitrogen and oxygen atoms in total. The zero-order valence-corrected chi connectivity index (χ0v) is 11.4. The van der Waals surface area contributed by atoms with Crippen molar-refractivity contribution < 1.29 is 4.74 Å². The monoisotopic (exact) mass is 271 g/mol. The highest BCUT2D eigenvalue weighted by Gasteiger charge is 2.14.